The largest absolute Gasteiger partial charge is 0.378 e. The summed E-state index contributed by atoms with van der Waals surface area (Å²) in [6, 6.07) is 11.6. The predicted molar refractivity (Wildman–Crippen MR) is 122 cm³/mol. The van der Waals surface area contributed by atoms with E-state index in [0.717, 1.165) is 62.3 Å². The molecule has 0 unspecified atom stereocenters. The van der Waals surface area contributed by atoms with Gasteiger partial charge in [-0.2, -0.15) is 0 Å². The third-order valence-corrected chi connectivity index (χ3v) is 6.22. The van der Waals surface area contributed by atoms with Gasteiger partial charge in [0, 0.05) is 30.8 Å². The van der Waals surface area contributed by atoms with Crippen LogP contribution in [-0.2, 0) is 4.74 Å². The fourth-order valence-corrected chi connectivity index (χ4v) is 4.15. The highest BCUT2D eigenvalue weighted by atomic mass is 16.5. The van der Waals surface area contributed by atoms with Gasteiger partial charge in [-0.25, -0.2) is 0 Å². The van der Waals surface area contributed by atoms with E-state index < -0.39 is 0 Å². The molecule has 4 rings (SSSR count). The van der Waals surface area contributed by atoms with Gasteiger partial charge in [0.05, 0.1) is 18.9 Å². The van der Waals surface area contributed by atoms with Crippen molar-refractivity contribution in [1.82, 2.24) is 20.4 Å². The first-order valence-corrected chi connectivity index (χ1v) is 11.5. The van der Waals surface area contributed by atoms with E-state index in [9.17, 15) is 4.79 Å². The van der Waals surface area contributed by atoms with Crippen LogP contribution in [0.2, 0.25) is 0 Å². The maximum Gasteiger partial charge on any atom is 0.251 e. The van der Waals surface area contributed by atoms with E-state index in [2.05, 4.69) is 32.2 Å². The topological polar surface area (TPSA) is 70.6 Å². The molecule has 0 radical (unpaired) electrons. The van der Waals surface area contributed by atoms with Crippen molar-refractivity contribution in [2.24, 2.45) is 5.92 Å². The number of nitrogens with one attached hydrogen (secondary N) is 1. The van der Waals surface area contributed by atoms with Crippen LogP contribution < -0.4 is 10.2 Å². The van der Waals surface area contributed by atoms with Crippen molar-refractivity contribution in [3.8, 4) is 11.3 Å². The maximum atomic E-state index is 12.6. The van der Waals surface area contributed by atoms with Crippen LogP contribution in [0, 0.1) is 5.92 Å². The van der Waals surface area contributed by atoms with Gasteiger partial charge in [0.15, 0.2) is 5.82 Å². The van der Waals surface area contributed by atoms with E-state index in [1.165, 1.54) is 25.9 Å². The molecule has 0 saturated carbocycles. The third-order valence-electron chi connectivity index (χ3n) is 6.22. The number of nitrogens with zero attached hydrogens (tertiary/aromatic N) is 4. The molecule has 0 spiro atoms. The maximum absolute atomic E-state index is 12.6. The molecule has 2 fully saturated rings. The first kappa shape index (κ1) is 21.7. The summed E-state index contributed by atoms with van der Waals surface area (Å²) in [6.07, 6.45) is 3.55. The second kappa shape index (κ2) is 10.7. The molecule has 2 aliphatic rings. The zero-order valence-corrected chi connectivity index (χ0v) is 18.4. The number of morpholine rings is 1. The average molecular weight is 424 g/mol. The quantitative estimate of drug-likeness (QED) is 0.691. The standard InChI is InChI=1S/C24H33N5O2/c1-19-8-12-28(13-9-19)11-3-10-25-24(30)21-5-2-4-20(18-21)22-6-7-23(27-26-22)29-14-16-31-17-15-29/h2,4-7,18-19H,3,8-17H2,1H3,(H,25,30). The summed E-state index contributed by atoms with van der Waals surface area (Å²) in [5.74, 6) is 1.68. The van der Waals surface area contributed by atoms with Gasteiger partial charge in [-0.1, -0.05) is 19.1 Å². The number of hydrogen-bond donors (Lipinski definition) is 1. The number of hydrogen-bond acceptors (Lipinski definition) is 6. The van der Waals surface area contributed by atoms with Crippen LogP contribution in [0.4, 0.5) is 5.82 Å². The smallest absolute Gasteiger partial charge is 0.251 e. The minimum absolute atomic E-state index is 0.0352. The molecule has 1 N–H and O–H groups in total. The van der Waals surface area contributed by atoms with Crippen molar-refractivity contribution in [3.63, 3.8) is 0 Å². The van der Waals surface area contributed by atoms with E-state index in [1.54, 1.807) is 0 Å². The number of amides is 1. The minimum Gasteiger partial charge on any atom is -0.378 e. The van der Waals surface area contributed by atoms with Crippen molar-refractivity contribution in [3.05, 3.63) is 42.0 Å². The van der Waals surface area contributed by atoms with Gasteiger partial charge in [0.1, 0.15) is 0 Å². The average Bonchev–Trinajstić information content (AvgIpc) is 2.83. The Morgan fingerprint density at radius 1 is 1.10 bits per heavy atom. The monoisotopic (exact) mass is 423 g/mol. The molecule has 166 valence electrons. The van der Waals surface area contributed by atoms with Crippen molar-refractivity contribution < 1.29 is 9.53 Å². The third kappa shape index (κ3) is 6.02. The molecule has 1 aromatic carbocycles. The summed E-state index contributed by atoms with van der Waals surface area (Å²) in [5.41, 5.74) is 2.32. The lowest BCUT2D eigenvalue weighted by Crippen LogP contribution is -2.36. The highest BCUT2D eigenvalue weighted by Gasteiger charge is 2.16. The van der Waals surface area contributed by atoms with E-state index in [1.807, 2.05) is 36.4 Å². The molecule has 3 heterocycles. The Balaban J connectivity index is 1.28. The van der Waals surface area contributed by atoms with E-state index in [0.29, 0.717) is 12.1 Å². The van der Waals surface area contributed by atoms with Gasteiger partial charge in [-0.05, 0) is 69.1 Å². The van der Waals surface area contributed by atoms with Crippen LogP contribution in [0.3, 0.4) is 0 Å². The van der Waals surface area contributed by atoms with Gasteiger partial charge in [-0.3, -0.25) is 4.79 Å². The summed E-state index contributed by atoms with van der Waals surface area (Å²) in [4.78, 5) is 17.3. The van der Waals surface area contributed by atoms with Crippen LogP contribution in [0.5, 0.6) is 0 Å². The Kier molecular flexibility index (Phi) is 7.48. The first-order valence-electron chi connectivity index (χ1n) is 11.5. The van der Waals surface area contributed by atoms with Gasteiger partial charge < -0.3 is 19.9 Å². The lowest BCUT2D eigenvalue weighted by Gasteiger charge is -2.30. The number of piperidine rings is 1. The number of carbonyl (C=O) groups excluding carboxylic acids is 1. The fraction of sp³-hybridized carbons (Fsp3) is 0.542. The van der Waals surface area contributed by atoms with Crippen molar-refractivity contribution in [2.75, 3.05) is 57.4 Å². The molecular weight excluding hydrogens is 390 g/mol. The normalized spacial score (nSPS) is 18.2. The van der Waals surface area contributed by atoms with Gasteiger partial charge >= 0.3 is 0 Å². The first-order chi connectivity index (χ1) is 15.2. The summed E-state index contributed by atoms with van der Waals surface area (Å²) >= 11 is 0. The van der Waals surface area contributed by atoms with Crippen LogP contribution in [0.25, 0.3) is 11.3 Å². The number of ether oxygens (including phenoxy) is 1. The summed E-state index contributed by atoms with van der Waals surface area (Å²) < 4.78 is 5.39. The molecule has 0 aliphatic carbocycles. The Hall–Kier alpha value is -2.51. The molecule has 0 atom stereocenters. The van der Waals surface area contributed by atoms with Gasteiger partial charge in [0.2, 0.25) is 0 Å². The second-order valence-electron chi connectivity index (χ2n) is 8.59. The Bertz CT molecular complexity index is 843. The number of benzene rings is 1. The molecule has 31 heavy (non-hydrogen) atoms. The van der Waals surface area contributed by atoms with E-state index in [-0.39, 0.29) is 5.91 Å². The van der Waals surface area contributed by atoms with E-state index in [4.69, 9.17) is 4.74 Å². The molecule has 1 aromatic heterocycles. The van der Waals surface area contributed by atoms with Crippen LogP contribution in [0.1, 0.15) is 36.5 Å². The molecule has 7 nitrogen and oxygen atoms in total. The van der Waals surface area contributed by atoms with Crippen LogP contribution >= 0.6 is 0 Å². The fourth-order valence-electron chi connectivity index (χ4n) is 4.15. The van der Waals surface area contributed by atoms with Crippen molar-refractivity contribution >= 4 is 11.7 Å². The summed E-state index contributed by atoms with van der Waals surface area (Å²) in [5, 5.41) is 11.8. The molecular formula is C24H33N5O2. The number of likely N-dealkylation sites (tertiary alicyclic amines) is 1. The van der Waals surface area contributed by atoms with Crippen molar-refractivity contribution in [2.45, 2.75) is 26.2 Å². The lowest BCUT2D eigenvalue weighted by molar-refractivity contribution is 0.0950. The number of carbonyl (C=O) groups is 1. The summed E-state index contributed by atoms with van der Waals surface area (Å²) in [6.45, 7) is 9.55. The molecule has 2 aromatic rings. The van der Waals surface area contributed by atoms with Crippen molar-refractivity contribution in [1.29, 1.82) is 0 Å². The lowest BCUT2D eigenvalue weighted by atomic mass is 9.99. The SMILES string of the molecule is CC1CCN(CCCNC(=O)c2cccc(-c3ccc(N4CCOCC4)nn3)c2)CC1. The molecule has 2 saturated heterocycles. The minimum atomic E-state index is -0.0352. The van der Waals surface area contributed by atoms with Gasteiger partial charge in [0.25, 0.3) is 5.91 Å². The highest BCUT2D eigenvalue weighted by molar-refractivity contribution is 5.95. The number of rotatable bonds is 7. The summed E-state index contributed by atoms with van der Waals surface area (Å²) in [7, 11) is 0. The highest BCUT2D eigenvalue weighted by Crippen LogP contribution is 2.20. The molecule has 0 bridgehead atoms. The molecule has 1 amide bonds. The molecule has 7 heteroatoms. The van der Waals surface area contributed by atoms with Gasteiger partial charge in [-0.15, -0.1) is 10.2 Å². The van der Waals surface area contributed by atoms with Crippen LogP contribution in [0.15, 0.2) is 36.4 Å². The van der Waals surface area contributed by atoms with E-state index >= 15 is 0 Å². The number of aromatic nitrogens is 2. The Morgan fingerprint density at radius 2 is 1.90 bits per heavy atom. The predicted octanol–water partition coefficient (Wildman–Crippen LogP) is 2.83. The number of anilines is 1. The zero-order valence-electron chi connectivity index (χ0n) is 18.4. The Morgan fingerprint density at radius 3 is 2.65 bits per heavy atom. The molecule has 2 aliphatic heterocycles. The second-order valence-corrected chi connectivity index (χ2v) is 8.59. The zero-order chi connectivity index (χ0) is 21.5. The van der Waals surface area contributed by atoms with Crippen LogP contribution in [-0.4, -0.2) is 73.5 Å². The Labute approximate surface area is 184 Å².